The maximum Gasteiger partial charge on any atom is 0.200 e. The van der Waals surface area contributed by atoms with Crippen LogP contribution in [0.25, 0.3) is 0 Å². The molecule has 4 nitrogen and oxygen atoms in total. The average molecular weight is 183 g/mol. The molecule has 4 N–H and O–H groups in total. The molecule has 1 fully saturated rings. The molecule has 64 valence electrons. The van der Waals surface area contributed by atoms with E-state index in [1.54, 1.807) is 0 Å². The summed E-state index contributed by atoms with van der Waals surface area (Å²) >= 11 is 4.97. The summed E-state index contributed by atoms with van der Waals surface area (Å²) < 4.78 is 0. The molecule has 0 saturated carbocycles. The van der Waals surface area contributed by atoms with Crippen LogP contribution in [0.1, 0.15) is 6.42 Å². The van der Waals surface area contributed by atoms with Gasteiger partial charge in [-0.3, -0.25) is 4.79 Å². The van der Waals surface area contributed by atoms with Gasteiger partial charge in [-0.25, -0.2) is 0 Å². The van der Waals surface area contributed by atoms with E-state index in [-0.39, 0.29) is 12.1 Å². The summed E-state index contributed by atoms with van der Waals surface area (Å²) in [6, 6.07) is 0.0143. The van der Waals surface area contributed by atoms with Crippen LogP contribution in [-0.4, -0.2) is 37.3 Å². The van der Waals surface area contributed by atoms with Crippen molar-refractivity contribution in [3.05, 3.63) is 0 Å². The summed E-state index contributed by atoms with van der Waals surface area (Å²) in [6.45, 7) is 0.511. The predicted octanol–water partition coefficient (Wildman–Crippen LogP) is -1.12. The van der Waals surface area contributed by atoms with Crippen LogP contribution < -0.4 is 16.4 Å². The molecule has 1 saturated heterocycles. The summed E-state index contributed by atoms with van der Waals surface area (Å²) in [5.74, 6) is -0.554. The van der Waals surface area contributed by atoms with Gasteiger partial charge in [0.25, 0.3) is 0 Å². The molecule has 0 aromatic heterocycles. The Morgan fingerprint density at radius 1 is 1.92 bits per heavy atom. The number of carbonyl (C=O) groups excluding carboxylic acids is 1. The molecule has 1 rings (SSSR count). The van der Waals surface area contributed by atoms with Gasteiger partial charge < -0.3 is 16.4 Å². The molecular weight excluding hydrogens is 173 g/mol. The topological polar surface area (TPSA) is 67.2 Å². The fraction of sp³-hybridized carbons (Fsp3) is 0.667. The minimum absolute atomic E-state index is 0.147. The van der Waals surface area contributed by atoms with E-state index in [4.69, 9.17) is 25.8 Å². The fourth-order valence-corrected chi connectivity index (χ4v) is 1.53. The third kappa shape index (κ3) is 2.18. The lowest BCUT2D eigenvalue weighted by Crippen LogP contribution is -2.38. The molecule has 0 bridgehead atoms. The van der Waals surface area contributed by atoms with Gasteiger partial charge in [0, 0.05) is 12.6 Å². The summed E-state index contributed by atoms with van der Waals surface area (Å²) in [6.07, 6.45) is 0.721. The molecule has 0 aliphatic carbocycles. The minimum Gasteiger partial charge on any atom is -0.374 e. The number of hydrogen-bond donors (Lipinski definition) is 3. The smallest absolute Gasteiger partial charge is 0.200 e. The van der Waals surface area contributed by atoms with Gasteiger partial charge in [-0.1, -0.05) is 12.2 Å². The SMILES string of the molecule is [B]C(=O)N[C@@H]1C[C@@H](CN)NC1=S. The van der Waals surface area contributed by atoms with Crippen LogP contribution in [0, 0.1) is 0 Å². The maximum absolute atomic E-state index is 10.5. The number of amides is 1. The summed E-state index contributed by atoms with van der Waals surface area (Å²) in [5.41, 5.74) is 5.42. The van der Waals surface area contributed by atoms with Crippen molar-refractivity contribution in [2.75, 3.05) is 6.54 Å². The first-order valence-corrected chi connectivity index (χ1v) is 4.10. The maximum atomic E-state index is 10.5. The van der Waals surface area contributed by atoms with Crippen molar-refractivity contribution in [2.24, 2.45) is 5.73 Å². The third-order valence-corrected chi connectivity index (χ3v) is 2.19. The van der Waals surface area contributed by atoms with Crippen LogP contribution in [0.3, 0.4) is 0 Å². The van der Waals surface area contributed by atoms with E-state index in [1.807, 2.05) is 0 Å². The number of rotatable bonds is 2. The molecule has 1 heterocycles. The molecule has 0 aromatic carbocycles. The molecule has 0 unspecified atom stereocenters. The molecule has 2 atom stereocenters. The number of nitrogens with one attached hydrogen (secondary N) is 2. The van der Waals surface area contributed by atoms with E-state index in [2.05, 4.69) is 10.6 Å². The highest BCUT2D eigenvalue weighted by Gasteiger charge is 2.27. The number of nitrogens with two attached hydrogens (primary N) is 1. The summed E-state index contributed by atoms with van der Waals surface area (Å²) in [7, 11) is 4.95. The first-order chi connectivity index (χ1) is 5.63. The Hall–Kier alpha value is -0.615. The second-order valence-corrected chi connectivity index (χ2v) is 3.18. The summed E-state index contributed by atoms with van der Waals surface area (Å²) in [5, 5.41) is 5.53. The standard InChI is InChI=1S/C6H10BN3OS/c7-6(11)10-4-1-3(2-8)9-5(4)12/h3-4H,1-2,8H2,(H,9,12)(H,10,11)/t3-,4+/m0/s1. The first kappa shape index (κ1) is 9.47. The molecular formula is C6H10BN3OS. The highest BCUT2D eigenvalue weighted by molar-refractivity contribution is 7.80. The monoisotopic (exact) mass is 183 g/mol. The summed E-state index contributed by atoms with van der Waals surface area (Å²) in [4.78, 5) is 11.1. The van der Waals surface area contributed by atoms with Crippen LogP contribution in [0.15, 0.2) is 0 Å². The molecule has 6 heteroatoms. The van der Waals surface area contributed by atoms with Crippen molar-refractivity contribution in [1.82, 2.24) is 10.6 Å². The first-order valence-electron chi connectivity index (χ1n) is 3.70. The van der Waals surface area contributed by atoms with Crippen molar-refractivity contribution in [2.45, 2.75) is 18.5 Å². The van der Waals surface area contributed by atoms with E-state index in [0.717, 1.165) is 6.42 Å². The quantitative estimate of drug-likeness (QED) is 0.374. The third-order valence-electron chi connectivity index (χ3n) is 1.78. The van der Waals surface area contributed by atoms with Crippen LogP contribution in [0.5, 0.6) is 0 Å². The Balaban J connectivity index is 2.46. The zero-order valence-corrected chi connectivity index (χ0v) is 7.36. The van der Waals surface area contributed by atoms with Gasteiger partial charge in [0.15, 0.2) is 5.81 Å². The van der Waals surface area contributed by atoms with Gasteiger partial charge in [0.1, 0.15) is 0 Å². The molecule has 12 heavy (non-hydrogen) atoms. The molecule has 1 amide bonds. The molecule has 0 spiro atoms. The number of carbonyl (C=O) groups is 1. The van der Waals surface area contributed by atoms with Gasteiger partial charge >= 0.3 is 0 Å². The van der Waals surface area contributed by atoms with E-state index in [0.29, 0.717) is 11.5 Å². The Morgan fingerprint density at radius 3 is 3.00 bits per heavy atom. The molecule has 2 radical (unpaired) electrons. The van der Waals surface area contributed by atoms with Crippen molar-refractivity contribution >= 4 is 30.9 Å². The second kappa shape index (κ2) is 3.86. The Kier molecular flexibility index (Phi) is 3.05. The van der Waals surface area contributed by atoms with Crippen LogP contribution in [-0.2, 0) is 0 Å². The van der Waals surface area contributed by atoms with E-state index in [9.17, 15) is 4.79 Å². The lowest BCUT2D eigenvalue weighted by Gasteiger charge is -2.08. The van der Waals surface area contributed by atoms with E-state index in [1.165, 1.54) is 0 Å². The zero-order chi connectivity index (χ0) is 9.14. The van der Waals surface area contributed by atoms with E-state index < -0.39 is 5.81 Å². The van der Waals surface area contributed by atoms with Crippen LogP contribution in [0.4, 0.5) is 4.79 Å². The van der Waals surface area contributed by atoms with Crippen molar-refractivity contribution in [3.8, 4) is 0 Å². The van der Waals surface area contributed by atoms with Gasteiger partial charge in [-0.05, 0) is 6.42 Å². The van der Waals surface area contributed by atoms with Crippen molar-refractivity contribution in [3.63, 3.8) is 0 Å². The van der Waals surface area contributed by atoms with Crippen LogP contribution in [0.2, 0.25) is 0 Å². The normalized spacial score (nSPS) is 28.2. The van der Waals surface area contributed by atoms with Gasteiger partial charge in [0.2, 0.25) is 7.85 Å². The highest BCUT2D eigenvalue weighted by atomic mass is 32.1. The van der Waals surface area contributed by atoms with Crippen molar-refractivity contribution < 1.29 is 4.79 Å². The van der Waals surface area contributed by atoms with Crippen LogP contribution >= 0.6 is 12.2 Å². The number of hydrogen-bond acceptors (Lipinski definition) is 3. The molecule has 0 aromatic rings. The van der Waals surface area contributed by atoms with Gasteiger partial charge in [-0.2, -0.15) is 0 Å². The Bertz CT molecular complexity index is 211. The zero-order valence-electron chi connectivity index (χ0n) is 6.54. The highest BCUT2D eigenvalue weighted by Crippen LogP contribution is 2.07. The van der Waals surface area contributed by atoms with Gasteiger partial charge in [0.05, 0.1) is 11.0 Å². The van der Waals surface area contributed by atoms with E-state index >= 15 is 0 Å². The second-order valence-electron chi connectivity index (χ2n) is 2.74. The Labute approximate surface area is 77.7 Å². The lowest BCUT2D eigenvalue weighted by atomic mass is 10.1. The number of thiocarbonyl (C=S) groups is 1. The fourth-order valence-electron chi connectivity index (χ4n) is 1.20. The van der Waals surface area contributed by atoms with Crippen molar-refractivity contribution in [1.29, 1.82) is 0 Å². The largest absolute Gasteiger partial charge is 0.374 e. The average Bonchev–Trinajstić information content (AvgIpc) is 2.31. The Morgan fingerprint density at radius 2 is 2.58 bits per heavy atom. The van der Waals surface area contributed by atoms with Gasteiger partial charge in [-0.15, -0.1) is 0 Å². The lowest BCUT2D eigenvalue weighted by molar-refractivity contribution is 0.258. The molecule has 1 aliphatic heterocycles. The minimum atomic E-state index is -0.554. The molecule has 1 aliphatic rings. The predicted molar refractivity (Wildman–Crippen MR) is 51.3 cm³/mol.